The van der Waals surface area contributed by atoms with Crippen molar-refractivity contribution in [3.05, 3.63) is 0 Å². The molecule has 7 nitrogen and oxygen atoms in total. The molecule has 0 rings (SSSR count). The maximum Gasteiger partial charge on any atom is 0.314 e. The first-order valence-electron chi connectivity index (χ1n) is 3.06. The Hall–Kier alpha value is -1.79. The predicted molar refractivity (Wildman–Crippen MR) is 39.5 cm³/mol. The van der Waals surface area contributed by atoms with Crippen LogP contribution in [0, 0.1) is 0 Å². The maximum atomic E-state index is 10.5. The molecule has 0 aliphatic rings. The number of rotatable bonds is 3. The number of nitrogens with two attached hydrogens (primary N) is 2. The highest BCUT2D eigenvalue weighted by Crippen LogP contribution is 1.75. The summed E-state index contributed by atoms with van der Waals surface area (Å²) in [6.45, 7) is 1.18. The monoisotopic (exact) mass is 174 g/mol. The van der Waals surface area contributed by atoms with E-state index in [1.807, 2.05) is 5.32 Å². The van der Waals surface area contributed by atoms with E-state index in [4.69, 9.17) is 11.5 Å². The van der Waals surface area contributed by atoms with Crippen LogP contribution in [0.25, 0.3) is 0 Å². The SMILES string of the molecule is CC(=O)NC(NC(N)=O)C(N)=O. The topological polar surface area (TPSA) is 127 Å². The second kappa shape index (κ2) is 4.16. The van der Waals surface area contributed by atoms with Crippen LogP contribution in [0.15, 0.2) is 0 Å². The van der Waals surface area contributed by atoms with Gasteiger partial charge in [-0.1, -0.05) is 0 Å². The Morgan fingerprint density at radius 3 is 1.92 bits per heavy atom. The molecule has 0 aromatic carbocycles. The minimum Gasteiger partial charge on any atom is -0.366 e. The molecule has 4 amide bonds. The van der Waals surface area contributed by atoms with Crippen LogP contribution in [0.4, 0.5) is 4.79 Å². The van der Waals surface area contributed by atoms with Gasteiger partial charge in [-0.05, 0) is 0 Å². The Bertz CT molecular complexity index is 199. The normalized spacial score (nSPS) is 11.4. The first kappa shape index (κ1) is 10.2. The third-order valence-electron chi connectivity index (χ3n) is 0.919. The molecular formula is C5H10N4O3. The van der Waals surface area contributed by atoms with Crippen molar-refractivity contribution in [3.8, 4) is 0 Å². The van der Waals surface area contributed by atoms with Crippen LogP contribution in [-0.4, -0.2) is 24.0 Å². The first-order chi connectivity index (χ1) is 5.43. The first-order valence-corrected chi connectivity index (χ1v) is 3.06. The highest BCUT2D eigenvalue weighted by Gasteiger charge is 2.16. The van der Waals surface area contributed by atoms with Crippen LogP contribution in [0.5, 0.6) is 0 Å². The van der Waals surface area contributed by atoms with Gasteiger partial charge in [-0.2, -0.15) is 0 Å². The lowest BCUT2D eigenvalue weighted by Gasteiger charge is -2.13. The van der Waals surface area contributed by atoms with Crippen LogP contribution in [-0.2, 0) is 9.59 Å². The molecule has 0 saturated heterocycles. The minimum absolute atomic E-state index is 0.493. The van der Waals surface area contributed by atoms with Gasteiger partial charge in [0, 0.05) is 6.92 Å². The third kappa shape index (κ3) is 4.09. The van der Waals surface area contributed by atoms with E-state index in [-0.39, 0.29) is 0 Å². The van der Waals surface area contributed by atoms with Crippen LogP contribution < -0.4 is 22.1 Å². The second-order valence-corrected chi connectivity index (χ2v) is 2.04. The van der Waals surface area contributed by atoms with Gasteiger partial charge in [0.25, 0.3) is 5.91 Å². The Balaban J connectivity index is 4.14. The molecule has 68 valence electrons. The molecule has 7 heteroatoms. The Labute approximate surface area is 68.5 Å². The molecule has 6 N–H and O–H groups in total. The summed E-state index contributed by atoms with van der Waals surface area (Å²) in [5.41, 5.74) is 9.51. The number of carbonyl (C=O) groups excluding carboxylic acids is 3. The highest BCUT2D eigenvalue weighted by molar-refractivity contribution is 5.88. The number of carbonyl (C=O) groups is 3. The number of primary amides is 2. The van der Waals surface area contributed by atoms with Crippen LogP contribution in [0.3, 0.4) is 0 Å². The summed E-state index contributed by atoms with van der Waals surface area (Å²) >= 11 is 0. The van der Waals surface area contributed by atoms with Crippen molar-refractivity contribution in [2.24, 2.45) is 11.5 Å². The van der Waals surface area contributed by atoms with E-state index in [2.05, 4.69) is 5.32 Å². The lowest BCUT2D eigenvalue weighted by atomic mass is 10.4. The van der Waals surface area contributed by atoms with Gasteiger partial charge in [-0.15, -0.1) is 0 Å². The number of urea groups is 1. The number of hydrogen-bond acceptors (Lipinski definition) is 3. The van der Waals surface area contributed by atoms with E-state index in [1.165, 1.54) is 6.92 Å². The fourth-order valence-electron chi connectivity index (χ4n) is 0.524. The Morgan fingerprint density at radius 2 is 1.67 bits per heavy atom. The maximum absolute atomic E-state index is 10.5. The second-order valence-electron chi connectivity index (χ2n) is 2.04. The average molecular weight is 174 g/mol. The van der Waals surface area contributed by atoms with Gasteiger partial charge >= 0.3 is 6.03 Å². The van der Waals surface area contributed by atoms with Gasteiger partial charge in [0.15, 0.2) is 6.17 Å². The number of nitrogens with one attached hydrogen (secondary N) is 2. The quantitative estimate of drug-likeness (QED) is 0.356. The van der Waals surface area contributed by atoms with E-state index < -0.39 is 24.0 Å². The van der Waals surface area contributed by atoms with E-state index in [0.717, 1.165) is 0 Å². The fraction of sp³-hybridized carbons (Fsp3) is 0.400. The van der Waals surface area contributed by atoms with Crippen molar-refractivity contribution < 1.29 is 14.4 Å². The van der Waals surface area contributed by atoms with Crippen LogP contribution in [0.2, 0.25) is 0 Å². The molecule has 0 heterocycles. The largest absolute Gasteiger partial charge is 0.366 e. The summed E-state index contributed by atoms with van der Waals surface area (Å²) in [4.78, 5) is 31.2. The van der Waals surface area contributed by atoms with Crippen molar-refractivity contribution in [1.29, 1.82) is 0 Å². The molecule has 0 aromatic rings. The number of hydrogen-bond donors (Lipinski definition) is 4. The molecule has 1 unspecified atom stereocenters. The highest BCUT2D eigenvalue weighted by atomic mass is 16.2. The van der Waals surface area contributed by atoms with E-state index in [0.29, 0.717) is 0 Å². The minimum atomic E-state index is -1.25. The summed E-state index contributed by atoms with van der Waals surface area (Å²) in [5, 5.41) is 4.03. The van der Waals surface area contributed by atoms with Gasteiger partial charge in [-0.25, -0.2) is 4.79 Å². The Morgan fingerprint density at radius 1 is 1.17 bits per heavy atom. The van der Waals surface area contributed by atoms with E-state index in [1.54, 1.807) is 0 Å². The van der Waals surface area contributed by atoms with Crippen molar-refractivity contribution in [3.63, 3.8) is 0 Å². The van der Waals surface area contributed by atoms with Crippen molar-refractivity contribution in [1.82, 2.24) is 10.6 Å². The summed E-state index contributed by atoms with van der Waals surface area (Å²) in [5.74, 6) is -1.38. The van der Waals surface area contributed by atoms with Gasteiger partial charge in [0.2, 0.25) is 5.91 Å². The zero-order chi connectivity index (χ0) is 9.72. The van der Waals surface area contributed by atoms with E-state index >= 15 is 0 Å². The summed E-state index contributed by atoms with van der Waals surface area (Å²) in [6.07, 6.45) is -1.25. The summed E-state index contributed by atoms with van der Waals surface area (Å²) in [7, 11) is 0. The summed E-state index contributed by atoms with van der Waals surface area (Å²) < 4.78 is 0. The molecule has 12 heavy (non-hydrogen) atoms. The standard InChI is InChI=1S/C5H10N4O3/c1-2(10)8-4(3(6)11)9-5(7)12/h4H,1H3,(H2,6,11)(H,8,10)(H3,7,9,12). The van der Waals surface area contributed by atoms with Gasteiger partial charge in [0.1, 0.15) is 0 Å². The smallest absolute Gasteiger partial charge is 0.314 e. The molecule has 0 aliphatic heterocycles. The Kier molecular flexibility index (Phi) is 3.54. The van der Waals surface area contributed by atoms with Gasteiger partial charge in [0.05, 0.1) is 0 Å². The molecule has 0 saturated carbocycles. The molecular weight excluding hydrogens is 164 g/mol. The molecule has 0 fully saturated rings. The molecule has 1 atom stereocenters. The summed E-state index contributed by atoms with van der Waals surface area (Å²) in [6, 6.07) is -0.937. The predicted octanol–water partition coefficient (Wildman–Crippen LogP) is -2.40. The zero-order valence-electron chi connectivity index (χ0n) is 6.46. The fourth-order valence-corrected chi connectivity index (χ4v) is 0.524. The molecule has 0 radical (unpaired) electrons. The van der Waals surface area contributed by atoms with Crippen LogP contribution >= 0.6 is 0 Å². The van der Waals surface area contributed by atoms with Crippen molar-refractivity contribution in [2.45, 2.75) is 13.1 Å². The lowest BCUT2D eigenvalue weighted by Crippen LogP contribution is -2.56. The third-order valence-corrected chi connectivity index (χ3v) is 0.919. The average Bonchev–Trinajstić information content (AvgIpc) is 1.83. The molecule has 0 aliphatic carbocycles. The molecule has 0 bridgehead atoms. The van der Waals surface area contributed by atoms with Gasteiger partial charge in [-0.3, -0.25) is 9.59 Å². The van der Waals surface area contributed by atoms with Crippen molar-refractivity contribution in [2.75, 3.05) is 0 Å². The molecule has 0 aromatic heterocycles. The molecule has 0 spiro atoms. The number of amides is 4. The van der Waals surface area contributed by atoms with Crippen LogP contribution in [0.1, 0.15) is 6.92 Å². The van der Waals surface area contributed by atoms with E-state index in [9.17, 15) is 14.4 Å². The van der Waals surface area contributed by atoms with Crippen molar-refractivity contribution >= 4 is 17.8 Å². The van der Waals surface area contributed by atoms with Gasteiger partial charge < -0.3 is 22.1 Å². The lowest BCUT2D eigenvalue weighted by molar-refractivity contribution is -0.126. The zero-order valence-corrected chi connectivity index (χ0v) is 6.46.